The van der Waals surface area contributed by atoms with Crippen molar-refractivity contribution in [2.24, 2.45) is 0 Å². The first kappa shape index (κ1) is 20.8. The van der Waals surface area contributed by atoms with Crippen LogP contribution in [-0.2, 0) is 17.9 Å². The predicted octanol–water partition coefficient (Wildman–Crippen LogP) is 5.10. The van der Waals surface area contributed by atoms with Crippen LogP contribution in [0.15, 0.2) is 36.4 Å². The van der Waals surface area contributed by atoms with Crippen molar-refractivity contribution in [3.8, 4) is 11.5 Å². The van der Waals surface area contributed by atoms with Crippen LogP contribution in [0.1, 0.15) is 24.5 Å². The fourth-order valence-electron chi connectivity index (χ4n) is 2.39. The monoisotopic (exact) mass is 397 g/mol. The number of hydrogen-bond donors (Lipinski definition) is 1. The molecule has 0 unspecified atom stereocenters. The summed E-state index contributed by atoms with van der Waals surface area (Å²) in [6, 6.07) is 11.2. The fraction of sp³-hybridized carbons (Fsp3) is 0.400. The lowest BCUT2D eigenvalue weighted by atomic mass is 10.2. The van der Waals surface area contributed by atoms with E-state index in [0.717, 1.165) is 37.3 Å². The number of methoxy groups -OCH3 is 1. The molecule has 0 spiro atoms. The summed E-state index contributed by atoms with van der Waals surface area (Å²) in [6.07, 6.45) is 0.963. The molecule has 0 bridgehead atoms. The number of nitrogens with one attached hydrogen (secondary N) is 1. The molecule has 0 aliphatic carbocycles. The van der Waals surface area contributed by atoms with Gasteiger partial charge >= 0.3 is 0 Å². The molecule has 6 heteroatoms. The first-order valence-corrected chi connectivity index (χ1v) is 9.41. The third kappa shape index (κ3) is 6.69. The van der Waals surface area contributed by atoms with Crippen LogP contribution in [0.5, 0.6) is 11.5 Å². The molecular weight excluding hydrogens is 373 g/mol. The SMILES string of the molecule is CCOCCCNCc1cc(OC)c(OCc2ccc(Cl)cc2)cc1Cl. The van der Waals surface area contributed by atoms with Crippen molar-refractivity contribution < 1.29 is 14.2 Å². The lowest BCUT2D eigenvalue weighted by Crippen LogP contribution is -2.16. The van der Waals surface area contributed by atoms with Gasteiger partial charge in [-0.2, -0.15) is 0 Å². The molecule has 0 radical (unpaired) electrons. The summed E-state index contributed by atoms with van der Waals surface area (Å²) in [6.45, 7) is 5.46. The van der Waals surface area contributed by atoms with E-state index in [1.54, 1.807) is 13.2 Å². The summed E-state index contributed by atoms with van der Waals surface area (Å²) >= 11 is 12.3. The number of benzene rings is 2. The van der Waals surface area contributed by atoms with Gasteiger partial charge in [-0.05, 0) is 49.2 Å². The van der Waals surface area contributed by atoms with Gasteiger partial charge in [0, 0.05) is 35.9 Å². The zero-order chi connectivity index (χ0) is 18.8. The molecule has 26 heavy (non-hydrogen) atoms. The Morgan fingerprint density at radius 3 is 2.50 bits per heavy atom. The maximum atomic E-state index is 6.41. The van der Waals surface area contributed by atoms with Gasteiger partial charge in [-0.15, -0.1) is 0 Å². The number of hydrogen-bond acceptors (Lipinski definition) is 4. The fourth-order valence-corrected chi connectivity index (χ4v) is 2.74. The molecule has 0 aliphatic rings. The highest BCUT2D eigenvalue weighted by atomic mass is 35.5. The topological polar surface area (TPSA) is 39.7 Å². The summed E-state index contributed by atoms with van der Waals surface area (Å²) in [5, 5.41) is 4.71. The van der Waals surface area contributed by atoms with Gasteiger partial charge in [0.25, 0.3) is 0 Å². The van der Waals surface area contributed by atoms with Crippen molar-refractivity contribution >= 4 is 23.2 Å². The molecule has 1 N–H and O–H groups in total. The van der Waals surface area contributed by atoms with E-state index in [4.69, 9.17) is 37.4 Å². The molecule has 4 nitrogen and oxygen atoms in total. The summed E-state index contributed by atoms with van der Waals surface area (Å²) in [5.41, 5.74) is 1.99. The highest BCUT2D eigenvalue weighted by molar-refractivity contribution is 6.31. The zero-order valence-electron chi connectivity index (χ0n) is 15.2. The van der Waals surface area contributed by atoms with Gasteiger partial charge in [-0.3, -0.25) is 0 Å². The Morgan fingerprint density at radius 1 is 1.04 bits per heavy atom. The molecule has 2 aromatic carbocycles. The number of rotatable bonds is 11. The molecule has 0 aliphatic heterocycles. The van der Waals surface area contributed by atoms with E-state index in [1.165, 1.54) is 0 Å². The Kier molecular flexibility index (Phi) is 9.06. The van der Waals surface area contributed by atoms with Gasteiger partial charge in [-0.25, -0.2) is 0 Å². The van der Waals surface area contributed by atoms with Crippen molar-refractivity contribution in [3.63, 3.8) is 0 Å². The molecule has 2 rings (SSSR count). The van der Waals surface area contributed by atoms with Crippen LogP contribution in [0.3, 0.4) is 0 Å². The van der Waals surface area contributed by atoms with Crippen LogP contribution in [0.2, 0.25) is 10.0 Å². The summed E-state index contributed by atoms with van der Waals surface area (Å²) < 4.78 is 16.6. The van der Waals surface area contributed by atoms with Crippen molar-refractivity contribution in [2.75, 3.05) is 26.9 Å². The van der Waals surface area contributed by atoms with Gasteiger partial charge in [0.2, 0.25) is 0 Å². The van der Waals surface area contributed by atoms with Crippen molar-refractivity contribution in [3.05, 3.63) is 57.6 Å². The highest BCUT2D eigenvalue weighted by Gasteiger charge is 2.11. The third-order valence-electron chi connectivity index (χ3n) is 3.80. The first-order valence-electron chi connectivity index (χ1n) is 8.66. The lowest BCUT2D eigenvalue weighted by molar-refractivity contribution is 0.144. The summed E-state index contributed by atoms with van der Waals surface area (Å²) in [5.74, 6) is 1.28. The second kappa shape index (κ2) is 11.3. The van der Waals surface area contributed by atoms with Gasteiger partial charge < -0.3 is 19.5 Å². The molecule has 0 aromatic heterocycles. The Balaban J connectivity index is 1.93. The van der Waals surface area contributed by atoms with E-state index in [-0.39, 0.29) is 0 Å². The molecule has 0 amide bonds. The molecular formula is C20H25Cl2NO3. The Bertz CT molecular complexity index is 678. The van der Waals surface area contributed by atoms with E-state index in [0.29, 0.717) is 34.7 Å². The smallest absolute Gasteiger partial charge is 0.163 e. The van der Waals surface area contributed by atoms with Gasteiger partial charge in [0.1, 0.15) is 6.61 Å². The Morgan fingerprint density at radius 2 is 1.81 bits per heavy atom. The number of halogens is 2. The average Bonchev–Trinajstić information content (AvgIpc) is 2.65. The van der Waals surface area contributed by atoms with E-state index >= 15 is 0 Å². The van der Waals surface area contributed by atoms with Crippen molar-refractivity contribution in [2.45, 2.75) is 26.5 Å². The van der Waals surface area contributed by atoms with Crippen LogP contribution in [0.4, 0.5) is 0 Å². The average molecular weight is 398 g/mol. The van der Waals surface area contributed by atoms with Crippen LogP contribution in [0.25, 0.3) is 0 Å². The van der Waals surface area contributed by atoms with E-state index < -0.39 is 0 Å². The third-order valence-corrected chi connectivity index (χ3v) is 4.41. The Hall–Kier alpha value is -1.46. The van der Waals surface area contributed by atoms with E-state index in [1.807, 2.05) is 37.3 Å². The van der Waals surface area contributed by atoms with Crippen LogP contribution < -0.4 is 14.8 Å². The standard InChI is InChI=1S/C20H25Cl2NO3/c1-3-25-10-4-9-23-13-16-11-19(24-2)20(12-18(16)22)26-14-15-5-7-17(21)8-6-15/h5-8,11-12,23H,3-4,9-10,13-14H2,1-2H3. The minimum Gasteiger partial charge on any atom is -0.493 e. The Labute approximate surface area is 165 Å². The van der Waals surface area contributed by atoms with Crippen molar-refractivity contribution in [1.29, 1.82) is 0 Å². The van der Waals surface area contributed by atoms with E-state index in [9.17, 15) is 0 Å². The lowest BCUT2D eigenvalue weighted by Gasteiger charge is -2.14. The second-order valence-corrected chi connectivity index (χ2v) is 6.58. The molecule has 142 valence electrons. The minimum atomic E-state index is 0.416. The van der Waals surface area contributed by atoms with Crippen LogP contribution in [0, 0.1) is 0 Å². The van der Waals surface area contributed by atoms with Crippen molar-refractivity contribution in [1.82, 2.24) is 5.32 Å². The maximum Gasteiger partial charge on any atom is 0.163 e. The van der Waals surface area contributed by atoms with E-state index in [2.05, 4.69) is 5.32 Å². The largest absolute Gasteiger partial charge is 0.493 e. The summed E-state index contributed by atoms with van der Waals surface area (Å²) in [4.78, 5) is 0. The van der Waals surface area contributed by atoms with Crippen LogP contribution >= 0.6 is 23.2 Å². The van der Waals surface area contributed by atoms with Crippen LogP contribution in [-0.4, -0.2) is 26.9 Å². The van der Waals surface area contributed by atoms with Gasteiger partial charge in [-0.1, -0.05) is 35.3 Å². The molecule has 0 saturated carbocycles. The maximum absolute atomic E-state index is 6.41. The summed E-state index contributed by atoms with van der Waals surface area (Å²) in [7, 11) is 1.62. The zero-order valence-corrected chi connectivity index (χ0v) is 16.7. The molecule has 0 fully saturated rings. The molecule has 2 aromatic rings. The molecule has 0 saturated heterocycles. The van der Waals surface area contributed by atoms with Gasteiger partial charge in [0.15, 0.2) is 11.5 Å². The normalized spacial score (nSPS) is 10.8. The quantitative estimate of drug-likeness (QED) is 0.535. The van der Waals surface area contributed by atoms with Gasteiger partial charge in [0.05, 0.1) is 7.11 Å². The minimum absolute atomic E-state index is 0.416. The highest BCUT2D eigenvalue weighted by Crippen LogP contribution is 2.34. The molecule has 0 heterocycles. The number of ether oxygens (including phenoxy) is 3. The molecule has 0 atom stereocenters. The second-order valence-electron chi connectivity index (χ2n) is 5.74. The first-order chi connectivity index (χ1) is 12.6. The predicted molar refractivity (Wildman–Crippen MR) is 107 cm³/mol.